The molecule has 3 atom stereocenters. The van der Waals surface area contributed by atoms with Crippen molar-refractivity contribution in [3.05, 3.63) is 35.9 Å². The Morgan fingerprint density at radius 3 is 2.78 bits per heavy atom. The van der Waals surface area contributed by atoms with Gasteiger partial charge in [-0.05, 0) is 31.4 Å². The number of aliphatic hydroxyl groups is 1. The van der Waals surface area contributed by atoms with Crippen LogP contribution in [0.1, 0.15) is 18.4 Å². The largest absolute Gasteiger partial charge is 0.389 e. The van der Waals surface area contributed by atoms with E-state index in [0.29, 0.717) is 6.61 Å². The molecule has 0 radical (unpaired) electrons. The van der Waals surface area contributed by atoms with E-state index in [1.807, 2.05) is 6.07 Å². The van der Waals surface area contributed by atoms with Crippen LogP contribution in [0.15, 0.2) is 30.3 Å². The van der Waals surface area contributed by atoms with Gasteiger partial charge in [0.05, 0.1) is 25.9 Å². The third kappa shape index (κ3) is 5.26. The number of nitrogens with one attached hydrogen (secondary N) is 1. The molecule has 5 heteroatoms. The molecule has 128 valence electrons. The lowest BCUT2D eigenvalue weighted by molar-refractivity contribution is -0.0185. The van der Waals surface area contributed by atoms with Crippen molar-refractivity contribution < 1.29 is 14.6 Å². The van der Waals surface area contributed by atoms with Crippen LogP contribution in [-0.2, 0) is 15.9 Å². The molecule has 5 nitrogen and oxygen atoms in total. The van der Waals surface area contributed by atoms with Crippen LogP contribution in [0.2, 0.25) is 0 Å². The van der Waals surface area contributed by atoms with Crippen molar-refractivity contribution >= 4 is 0 Å². The van der Waals surface area contributed by atoms with Gasteiger partial charge in [-0.25, -0.2) is 0 Å². The average Bonchev–Trinajstić information content (AvgIpc) is 3.05. The minimum absolute atomic E-state index is 0.228. The van der Waals surface area contributed by atoms with Gasteiger partial charge in [0.1, 0.15) is 6.23 Å². The lowest BCUT2D eigenvalue weighted by atomic mass is 10.1. The SMILES string of the molecule is OC(CCCN1CCOCC1)C1NC(Cc2ccccc2)CO1. The summed E-state index contributed by atoms with van der Waals surface area (Å²) in [6.45, 7) is 5.37. The Kier molecular flexibility index (Phi) is 6.42. The molecule has 2 heterocycles. The smallest absolute Gasteiger partial charge is 0.134 e. The Hall–Kier alpha value is -0.980. The molecule has 0 aromatic heterocycles. The Balaban J connectivity index is 1.34. The van der Waals surface area contributed by atoms with E-state index in [2.05, 4.69) is 34.5 Å². The summed E-state index contributed by atoms with van der Waals surface area (Å²) >= 11 is 0. The molecule has 1 aromatic carbocycles. The molecule has 3 rings (SSSR count). The zero-order chi connectivity index (χ0) is 15.9. The van der Waals surface area contributed by atoms with Crippen LogP contribution >= 0.6 is 0 Å². The van der Waals surface area contributed by atoms with Gasteiger partial charge in [-0.15, -0.1) is 0 Å². The van der Waals surface area contributed by atoms with Crippen molar-refractivity contribution in [1.29, 1.82) is 0 Å². The van der Waals surface area contributed by atoms with Gasteiger partial charge in [-0.2, -0.15) is 0 Å². The van der Waals surface area contributed by atoms with Gasteiger partial charge in [-0.3, -0.25) is 10.2 Å². The van der Waals surface area contributed by atoms with Gasteiger partial charge in [-0.1, -0.05) is 30.3 Å². The highest BCUT2D eigenvalue weighted by atomic mass is 16.5. The van der Waals surface area contributed by atoms with Crippen LogP contribution in [0.3, 0.4) is 0 Å². The van der Waals surface area contributed by atoms with Crippen LogP contribution in [0.5, 0.6) is 0 Å². The fourth-order valence-corrected chi connectivity index (χ4v) is 3.29. The quantitative estimate of drug-likeness (QED) is 0.785. The number of nitrogens with zero attached hydrogens (tertiary/aromatic N) is 1. The molecule has 0 amide bonds. The van der Waals surface area contributed by atoms with E-state index in [9.17, 15) is 5.11 Å². The highest BCUT2D eigenvalue weighted by Gasteiger charge is 2.29. The van der Waals surface area contributed by atoms with Crippen LogP contribution in [-0.4, -0.2) is 67.8 Å². The van der Waals surface area contributed by atoms with Gasteiger partial charge in [0, 0.05) is 19.1 Å². The number of morpholine rings is 1. The topological polar surface area (TPSA) is 54.0 Å². The summed E-state index contributed by atoms with van der Waals surface area (Å²) < 4.78 is 11.1. The summed E-state index contributed by atoms with van der Waals surface area (Å²) in [5.41, 5.74) is 1.30. The maximum atomic E-state index is 10.3. The summed E-state index contributed by atoms with van der Waals surface area (Å²) in [5.74, 6) is 0. The monoisotopic (exact) mass is 320 g/mol. The molecule has 1 aromatic rings. The predicted molar refractivity (Wildman–Crippen MR) is 89.3 cm³/mol. The zero-order valence-electron chi connectivity index (χ0n) is 13.7. The minimum Gasteiger partial charge on any atom is -0.389 e. The maximum Gasteiger partial charge on any atom is 0.134 e. The van der Waals surface area contributed by atoms with Crippen molar-refractivity contribution in [3.63, 3.8) is 0 Å². The van der Waals surface area contributed by atoms with Gasteiger partial charge in [0.2, 0.25) is 0 Å². The van der Waals surface area contributed by atoms with Crippen LogP contribution in [0.25, 0.3) is 0 Å². The van der Waals surface area contributed by atoms with E-state index < -0.39 is 6.10 Å². The third-order valence-electron chi connectivity index (χ3n) is 4.63. The molecule has 2 saturated heterocycles. The number of hydrogen-bond donors (Lipinski definition) is 2. The normalized spacial score (nSPS) is 27.2. The maximum absolute atomic E-state index is 10.3. The Labute approximate surface area is 138 Å². The lowest BCUT2D eigenvalue weighted by Gasteiger charge is -2.27. The van der Waals surface area contributed by atoms with Gasteiger partial charge in [0.25, 0.3) is 0 Å². The minimum atomic E-state index is -0.434. The van der Waals surface area contributed by atoms with Crippen LogP contribution in [0, 0.1) is 0 Å². The van der Waals surface area contributed by atoms with E-state index >= 15 is 0 Å². The second-order valence-electron chi connectivity index (χ2n) is 6.47. The molecule has 0 saturated carbocycles. The summed E-state index contributed by atoms with van der Waals surface area (Å²) in [5, 5.41) is 13.8. The first-order chi connectivity index (χ1) is 11.3. The Bertz CT molecular complexity index is 451. The predicted octanol–water partition coefficient (Wildman–Crippen LogP) is 1.02. The van der Waals surface area contributed by atoms with Gasteiger partial charge in [0.15, 0.2) is 0 Å². The van der Waals surface area contributed by atoms with Crippen LogP contribution in [0.4, 0.5) is 0 Å². The Morgan fingerprint density at radius 2 is 2.00 bits per heavy atom. The highest BCUT2D eigenvalue weighted by molar-refractivity contribution is 5.16. The molecule has 2 fully saturated rings. The second-order valence-corrected chi connectivity index (χ2v) is 6.47. The van der Waals surface area contributed by atoms with E-state index in [1.54, 1.807) is 0 Å². The van der Waals surface area contributed by atoms with Crippen molar-refractivity contribution in [2.75, 3.05) is 39.5 Å². The number of aliphatic hydroxyl groups excluding tert-OH is 1. The molecule has 3 unspecified atom stereocenters. The van der Waals surface area contributed by atoms with Crippen LogP contribution < -0.4 is 5.32 Å². The zero-order valence-corrected chi connectivity index (χ0v) is 13.7. The molecule has 2 N–H and O–H groups in total. The average molecular weight is 320 g/mol. The number of hydrogen-bond acceptors (Lipinski definition) is 5. The molecular weight excluding hydrogens is 292 g/mol. The molecule has 0 spiro atoms. The van der Waals surface area contributed by atoms with E-state index in [0.717, 1.165) is 52.1 Å². The Morgan fingerprint density at radius 1 is 1.22 bits per heavy atom. The number of benzene rings is 1. The van der Waals surface area contributed by atoms with Gasteiger partial charge < -0.3 is 14.6 Å². The van der Waals surface area contributed by atoms with Crippen molar-refractivity contribution in [2.24, 2.45) is 0 Å². The third-order valence-corrected chi connectivity index (χ3v) is 4.63. The number of rotatable bonds is 7. The van der Waals surface area contributed by atoms with E-state index in [1.165, 1.54) is 5.56 Å². The van der Waals surface area contributed by atoms with Crippen molar-refractivity contribution in [1.82, 2.24) is 10.2 Å². The van der Waals surface area contributed by atoms with Gasteiger partial charge >= 0.3 is 0 Å². The molecule has 2 aliphatic rings. The first-order valence-electron chi connectivity index (χ1n) is 8.71. The van der Waals surface area contributed by atoms with Crippen molar-refractivity contribution in [2.45, 2.75) is 37.6 Å². The molecular formula is C18H28N2O3. The summed E-state index contributed by atoms with van der Waals surface area (Å²) in [7, 11) is 0. The first-order valence-corrected chi connectivity index (χ1v) is 8.71. The molecule has 23 heavy (non-hydrogen) atoms. The molecule has 2 aliphatic heterocycles. The second kappa shape index (κ2) is 8.76. The highest BCUT2D eigenvalue weighted by Crippen LogP contribution is 2.15. The number of ether oxygens (including phenoxy) is 2. The first kappa shape index (κ1) is 16.9. The summed E-state index contributed by atoms with van der Waals surface area (Å²) in [6, 6.07) is 10.7. The lowest BCUT2D eigenvalue weighted by Crippen LogP contribution is -2.41. The molecule has 0 bridgehead atoms. The van der Waals surface area contributed by atoms with E-state index in [4.69, 9.17) is 9.47 Å². The van der Waals surface area contributed by atoms with E-state index in [-0.39, 0.29) is 12.3 Å². The molecule has 0 aliphatic carbocycles. The summed E-state index contributed by atoms with van der Waals surface area (Å²) in [4.78, 5) is 2.40. The van der Waals surface area contributed by atoms with Crippen molar-refractivity contribution in [3.8, 4) is 0 Å². The fourth-order valence-electron chi connectivity index (χ4n) is 3.29. The standard InChI is InChI=1S/C18H28N2O3/c21-17(7-4-8-20-9-11-22-12-10-20)18-19-16(14-23-18)13-15-5-2-1-3-6-15/h1-3,5-6,16-19,21H,4,7-14H2. The fraction of sp³-hybridized carbons (Fsp3) is 0.667. The summed E-state index contributed by atoms with van der Waals surface area (Å²) in [6.07, 6.45) is 2.04.